The molecule has 1 aromatic heterocycles. The van der Waals surface area contributed by atoms with Crippen LogP contribution in [0.1, 0.15) is 36.8 Å². The highest BCUT2D eigenvalue weighted by atomic mass is 35.5. The molecule has 2 aromatic rings. The second-order valence-corrected chi connectivity index (χ2v) is 4.54. The van der Waals surface area contributed by atoms with Crippen molar-refractivity contribution in [3.05, 3.63) is 41.8 Å². The maximum Gasteiger partial charge on any atom is 0.315 e. The SMILES string of the molecule is Cl.N[C@H](c1ccccc1)c1nnc(NCCCCCO)o1. The second kappa shape index (κ2) is 9.33. The van der Waals surface area contributed by atoms with Crippen molar-refractivity contribution in [3.8, 4) is 0 Å². The molecule has 0 bridgehead atoms. The number of nitrogens with one attached hydrogen (secondary N) is 1. The van der Waals surface area contributed by atoms with E-state index in [1.807, 2.05) is 30.3 Å². The highest BCUT2D eigenvalue weighted by Gasteiger charge is 2.15. The van der Waals surface area contributed by atoms with Gasteiger partial charge in [0.2, 0.25) is 5.89 Å². The van der Waals surface area contributed by atoms with Crippen LogP contribution in [0.25, 0.3) is 0 Å². The molecule has 0 saturated carbocycles. The first-order valence-electron chi connectivity index (χ1n) is 6.80. The van der Waals surface area contributed by atoms with E-state index in [1.165, 1.54) is 0 Å². The number of anilines is 1. The van der Waals surface area contributed by atoms with Gasteiger partial charge in [-0.15, -0.1) is 17.5 Å². The van der Waals surface area contributed by atoms with Crippen LogP contribution in [-0.4, -0.2) is 28.5 Å². The van der Waals surface area contributed by atoms with Crippen molar-refractivity contribution in [1.29, 1.82) is 0 Å². The number of rotatable bonds is 8. The van der Waals surface area contributed by atoms with Crippen LogP contribution in [-0.2, 0) is 0 Å². The van der Waals surface area contributed by atoms with E-state index in [0.717, 1.165) is 31.4 Å². The average molecular weight is 313 g/mol. The molecule has 7 heteroatoms. The van der Waals surface area contributed by atoms with E-state index in [0.29, 0.717) is 11.9 Å². The van der Waals surface area contributed by atoms with Gasteiger partial charge in [-0.05, 0) is 24.8 Å². The van der Waals surface area contributed by atoms with Crippen molar-refractivity contribution in [2.75, 3.05) is 18.5 Å². The van der Waals surface area contributed by atoms with Crippen molar-refractivity contribution in [2.45, 2.75) is 25.3 Å². The Hall–Kier alpha value is -1.63. The fraction of sp³-hybridized carbons (Fsp3) is 0.429. The zero-order valence-corrected chi connectivity index (χ0v) is 12.6. The van der Waals surface area contributed by atoms with Crippen molar-refractivity contribution < 1.29 is 9.52 Å². The number of nitrogens with two attached hydrogens (primary N) is 1. The molecule has 0 spiro atoms. The molecule has 21 heavy (non-hydrogen) atoms. The molecule has 1 atom stereocenters. The molecule has 2 rings (SSSR count). The summed E-state index contributed by atoms with van der Waals surface area (Å²) < 4.78 is 5.50. The summed E-state index contributed by atoms with van der Waals surface area (Å²) in [5, 5.41) is 19.6. The molecule has 0 amide bonds. The molecule has 4 N–H and O–H groups in total. The summed E-state index contributed by atoms with van der Waals surface area (Å²) in [7, 11) is 0. The molecule has 0 aliphatic carbocycles. The van der Waals surface area contributed by atoms with Gasteiger partial charge >= 0.3 is 6.01 Å². The van der Waals surface area contributed by atoms with Crippen LogP contribution in [0.15, 0.2) is 34.7 Å². The Labute approximate surface area is 130 Å². The summed E-state index contributed by atoms with van der Waals surface area (Å²) in [6.45, 7) is 0.971. The monoisotopic (exact) mass is 312 g/mol. The molecular formula is C14H21ClN4O2. The van der Waals surface area contributed by atoms with Gasteiger partial charge in [-0.1, -0.05) is 35.4 Å². The standard InChI is InChI=1S/C14H20N4O2.ClH/c15-12(11-7-3-1-4-8-11)13-17-18-14(20-13)16-9-5-2-6-10-19;/h1,3-4,7-8,12,19H,2,5-6,9-10,15H2,(H,16,18);1H/t12-;/m1./s1. The summed E-state index contributed by atoms with van der Waals surface area (Å²) in [5.41, 5.74) is 7.01. The highest BCUT2D eigenvalue weighted by molar-refractivity contribution is 5.85. The Balaban J connectivity index is 0.00000220. The Kier molecular flexibility index (Phi) is 7.74. The predicted molar refractivity (Wildman–Crippen MR) is 83.4 cm³/mol. The van der Waals surface area contributed by atoms with Crippen molar-refractivity contribution >= 4 is 18.4 Å². The van der Waals surface area contributed by atoms with Crippen molar-refractivity contribution in [1.82, 2.24) is 10.2 Å². The number of aliphatic hydroxyl groups is 1. The maximum atomic E-state index is 8.68. The molecule has 6 nitrogen and oxygen atoms in total. The second-order valence-electron chi connectivity index (χ2n) is 4.54. The molecule has 0 saturated heterocycles. The van der Waals surface area contributed by atoms with E-state index in [9.17, 15) is 0 Å². The van der Waals surface area contributed by atoms with Gasteiger partial charge in [0, 0.05) is 13.2 Å². The normalized spacial score (nSPS) is 11.7. The van der Waals surface area contributed by atoms with E-state index in [1.54, 1.807) is 0 Å². The number of benzene rings is 1. The van der Waals surface area contributed by atoms with Crippen LogP contribution >= 0.6 is 12.4 Å². The third-order valence-corrected chi connectivity index (χ3v) is 2.98. The van der Waals surface area contributed by atoms with E-state index in [4.69, 9.17) is 15.3 Å². The molecule has 0 aliphatic heterocycles. The minimum Gasteiger partial charge on any atom is -0.406 e. The smallest absolute Gasteiger partial charge is 0.315 e. The molecule has 0 fully saturated rings. The molecule has 0 radical (unpaired) electrons. The summed E-state index contributed by atoms with van der Waals surface area (Å²) in [4.78, 5) is 0. The Morgan fingerprint density at radius 3 is 2.62 bits per heavy atom. The van der Waals surface area contributed by atoms with E-state index >= 15 is 0 Å². The number of unbranched alkanes of at least 4 members (excludes halogenated alkanes) is 2. The number of hydrogen-bond acceptors (Lipinski definition) is 6. The minimum atomic E-state index is -0.409. The lowest BCUT2D eigenvalue weighted by atomic mass is 10.1. The Bertz CT molecular complexity index is 507. The van der Waals surface area contributed by atoms with Gasteiger partial charge in [-0.25, -0.2) is 0 Å². The largest absolute Gasteiger partial charge is 0.406 e. The molecular weight excluding hydrogens is 292 g/mol. The lowest BCUT2D eigenvalue weighted by molar-refractivity contribution is 0.283. The van der Waals surface area contributed by atoms with E-state index in [2.05, 4.69) is 15.5 Å². The fourth-order valence-corrected chi connectivity index (χ4v) is 1.84. The maximum absolute atomic E-state index is 8.68. The van der Waals surface area contributed by atoms with Crippen molar-refractivity contribution in [2.24, 2.45) is 5.73 Å². The van der Waals surface area contributed by atoms with Gasteiger partial charge in [0.15, 0.2) is 0 Å². The number of nitrogens with zero attached hydrogens (tertiary/aromatic N) is 2. The predicted octanol–water partition coefficient (Wildman–Crippen LogP) is 2.11. The minimum absolute atomic E-state index is 0. The van der Waals surface area contributed by atoms with E-state index in [-0.39, 0.29) is 19.0 Å². The number of aromatic nitrogens is 2. The number of hydrogen-bond donors (Lipinski definition) is 3. The third kappa shape index (κ3) is 5.34. The summed E-state index contributed by atoms with van der Waals surface area (Å²) in [6, 6.07) is 9.61. The first-order valence-corrected chi connectivity index (χ1v) is 6.80. The van der Waals surface area contributed by atoms with Crippen LogP contribution in [0.4, 0.5) is 6.01 Å². The molecule has 1 aromatic carbocycles. The van der Waals surface area contributed by atoms with Crippen molar-refractivity contribution in [3.63, 3.8) is 0 Å². The van der Waals surface area contributed by atoms with E-state index < -0.39 is 6.04 Å². The lowest BCUT2D eigenvalue weighted by Gasteiger charge is -2.06. The molecule has 116 valence electrons. The zero-order chi connectivity index (χ0) is 14.2. The third-order valence-electron chi connectivity index (χ3n) is 2.98. The molecule has 0 aliphatic rings. The quantitative estimate of drug-likeness (QED) is 0.646. The van der Waals surface area contributed by atoms with Crippen LogP contribution in [0.5, 0.6) is 0 Å². The van der Waals surface area contributed by atoms with Gasteiger partial charge in [0.1, 0.15) is 6.04 Å². The van der Waals surface area contributed by atoms with Gasteiger partial charge in [-0.3, -0.25) is 0 Å². The summed E-state index contributed by atoms with van der Waals surface area (Å²) in [6.07, 6.45) is 2.73. The highest BCUT2D eigenvalue weighted by Crippen LogP contribution is 2.19. The van der Waals surface area contributed by atoms with Gasteiger partial charge in [-0.2, -0.15) is 0 Å². The number of aliphatic hydroxyl groups excluding tert-OH is 1. The Morgan fingerprint density at radius 2 is 1.90 bits per heavy atom. The van der Waals surface area contributed by atoms with Crippen LogP contribution < -0.4 is 11.1 Å². The van der Waals surface area contributed by atoms with Crippen LogP contribution in [0.2, 0.25) is 0 Å². The molecule has 0 unspecified atom stereocenters. The first-order chi connectivity index (χ1) is 9.81. The topological polar surface area (TPSA) is 97.2 Å². The summed E-state index contributed by atoms with van der Waals surface area (Å²) >= 11 is 0. The molecule has 1 heterocycles. The van der Waals surface area contributed by atoms with Gasteiger partial charge < -0.3 is 20.6 Å². The van der Waals surface area contributed by atoms with Gasteiger partial charge in [0.05, 0.1) is 0 Å². The average Bonchev–Trinajstić information content (AvgIpc) is 2.96. The zero-order valence-electron chi connectivity index (χ0n) is 11.7. The van der Waals surface area contributed by atoms with Crippen LogP contribution in [0, 0.1) is 0 Å². The summed E-state index contributed by atoms with van der Waals surface area (Å²) in [5.74, 6) is 0.397. The first kappa shape index (κ1) is 17.4. The van der Waals surface area contributed by atoms with Crippen LogP contribution in [0.3, 0.4) is 0 Å². The number of halogens is 1. The Morgan fingerprint density at radius 1 is 1.14 bits per heavy atom. The van der Waals surface area contributed by atoms with Gasteiger partial charge in [0.25, 0.3) is 0 Å². The lowest BCUT2D eigenvalue weighted by Crippen LogP contribution is -2.12. The fourth-order valence-electron chi connectivity index (χ4n) is 1.84.